The van der Waals surface area contributed by atoms with Gasteiger partial charge in [0.15, 0.2) is 0 Å². The van der Waals surface area contributed by atoms with Gasteiger partial charge in [0, 0.05) is 17.6 Å². The van der Waals surface area contributed by atoms with Gasteiger partial charge in [-0.3, -0.25) is 0 Å². The van der Waals surface area contributed by atoms with E-state index in [0.29, 0.717) is 30.3 Å². The zero-order valence-corrected chi connectivity index (χ0v) is 13.2. The van der Waals surface area contributed by atoms with Crippen molar-refractivity contribution in [1.29, 1.82) is 5.26 Å². The lowest BCUT2D eigenvalue weighted by Gasteiger charge is -2.07. The molecule has 7 heteroatoms. The maximum atomic E-state index is 9.57. The second kappa shape index (κ2) is 7.13. The van der Waals surface area contributed by atoms with Gasteiger partial charge in [-0.15, -0.1) is 0 Å². The van der Waals surface area contributed by atoms with Crippen molar-refractivity contribution in [3.05, 3.63) is 47.3 Å². The predicted molar refractivity (Wildman–Crippen MR) is 92.6 cm³/mol. The topological polar surface area (TPSA) is 99.7 Å². The molecule has 4 N–H and O–H groups in total. The van der Waals surface area contributed by atoms with E-state index < -0.39 is 0 Å². The number of thioether (sulfide) groups is 1. The number of para-hydroxylation sites is 1. The number of anilines is 2. The van der Waals surface area contributed by atoms with Crippen LogP contribution in [-0.4, -0.2) is 23.1 Å². The fourth-order valence-corrected chi connectivity index (χ4v) is 3.15. The maximum absolute atomic E-state index is 9.57. The van der Waals surface area contributed by atoms with Crippen molar-refractivity contribution in [3.8, 4) is 6.07 Å². The highest BCUT2D eigenvalue weighted by Gasteiger charge is 2.20. The van der Waals surface area contributed by atoms with Crippen molar-refractivity contribution in [2.75, 3.05) is 23.7 Å². The first kappa shape index (κ1) is 15.3. The molecule has 1 aromatic heterocycles. The summed E-state index contributed by atoms with van der Waals surface area (Å²) in [5, 5.41) is 16.7. The number of nitriles is 1. The molecule has 0 bridgehead atoms. The summed E-state index contributed by atoms with van der Waals surface area (Å²) in [6.45, 7) is 1.32. The number of hydrogen-bond acceptors (Lipinski definition) is 7. The van der Waals surface area contributed by atoms with Gasteiger partial charge in [0.25, 0.3) is 0 Å². The highest BCUT2D eigenvalue weighted by atomic mass is 32.2. The molecule has 0 saturated carbocycles. The van der Waals surface area contributed by atoms with Crippen LogP contribution in [0, 0.1) is 11.3 Å². The summed E-state index contributed by atoms with van der Waals surface area (Å²) >= 11 is 1.54. The first-order chi connectivity index (χ1) is 11.3. The minimum absolute atomic E-state index is 0.504. The van der Waals surface area contributed by atoms with Gasteiger partial charge in [-0.2, -0.15) is 5.26 Å². The van der Waals surface area contributed by atoms with Crippen LogP contribution in [0.3, 0.4) is 0 Å². The van der Waals surface area contributed by atoms with Crippen molar-refractivity contribution in [3.63, 3.8) is 0 Å². The van der Waals surface area contributed by atoms with Crippen molar-refractivity contribution in [2.24, 2.45) is 5.73 Å². The highest BCUT2D eigenvalue weighted by Crippen LogP contribution is 2.43. The van der Waals surface area contributed by atoms with Crippen LogP contribution in [0.2, 0.25) is 0 Å². The van der Waals surface area contributed by atoms with Crippen LogP contribution in [0.1, 0.15) is 12.1 Å². The number of nitrogens with one attached hydrogen (secondary N) is 2. The molecular weight excluding hydrogens is 308 g/mol. The molecule has 0 atom stereocenters. The van der Waals surface area contributed by atoms with Crippen LogP contribution < -0.4 is 16.4 Å². The van der Waals surface area contributed by atoms with E-state index in [1.54, 1.807) is 12.3 Å². The Kier molecular flexibility index (Phi) is 4.76. The van der Waals surface area contributed by atoms with E-state index in [0.717, 1.165) is 22.0 Å². The largest absolute Gasteiger partial charge is 0.354 e. The molecule has 0 spiro atoms. The van der Waals surface area contributed by atoms with Crippen LogP contribution in [0.4, 0.5) is 11.6 Å². The van der Waals surface area contributed by atoms with E-state index in [2.05, 4.69) is 26.7 Å². The molecule has 0 aliphatic carbocycles. The van der Waals surface area contributed by atoms with Gasteiger partial charge in [0.05, 0.1) is 16.4 Å². The summed E-state index contributed by atoms with van der Waals surface area (Å²) < 4.78 is 0. The monoisotopic (exact) mass is 324 g/mol. The van der Waals surface area contributed by atoms with Crippen molar-refractivity contribution >= 4 is 29.0 Å². The molecule has 1 aromatic carbocycles. The number of nitrogens with zero attached hydrogens (tertiary/aromatic N) is 3. The zero-order chi connectivity index (χ0) is 16.1. The highest BCUT2D eigenvalue weighted by molar-refractivity contribution is 8.04. The SMILES string of the molecule is N#C/C(=C1/Nc2ccccc2S1)c1ccnc(NCCCN)n1. The summed E-state index contributed by atoms with van der Waals surface area (Å²) in [5.74, 6) is 0.504. The number of aromatic nitrogens is 2. The second-order valence-corrected chi connectivity index (χ2v) is 5.93. The fourth-order valence-electron chi connectivity index (χ4n) is 2.14. The number of benzene rings is 1. The summed E-state index contributed by atoms with van der Waals surface area (Å²) in [6.07, 6.45) is 2.49. The van der Waals surface area contributed by atoms with Gasteiger partial charge in [-0.25, -0.2) is 9.97 Å². The Labute approximate surface area is 138 Å². The van der Waals surface area contributed by atoms with E-state index in [9.17, 15) is 5.26 Å². The quantitative estimate of drug-likeness (QED) is 0.574. The number of rotatable bonds is 5. The predicted octanol–water partition coefficient (Wildman–Crippen LogP) is 2.65. The molecule has 6 nitrogen and oxygen atoms in total. The molecule has 0 unspecified atom stereocenters. The molecule has 1 aliphatic rings. The Bertz CT molecular complexity index is 753. The summed E-state index contributed by atoms with van der Waals surface area (Å²) in [5.41, 5.74) is 7.59. The van der Waals surface area contributed by atoms with Gasteiger partial charge >= 0.3 is 0 Å². The molecule has 0 fully saturated rings. The van der Waals surface area contributed by atoms with Crippen LogP contribution in [0.5, 0.6) is 0 Å². The van der Waals surface area contributed by atoms with Gasteiger partial charge in [-0.1, -0.05) is 23.9 Å². The third kappa shape index (κ3) is 3.44. The Balaban J connectivity index is 1.86. The molecule has 0 saturated heterocycles. The van der Waals surface area contributed by atoms with Crippen LogP contribution in [0.15, 0.2) is 46.5 Å². The molecule has 2 heterocycles. The van der Waals surface area contributed by atoms with Gasteiger partial charge in [0.2, 0.25) is 5.95 Å². The lowest BCUT2D eigenvalue weighted by molar-refractivity contribution is 0.863. The minimum atomic E-state index is 0.504. The molecule has 23 heavy (non-hydrogen) atoms. The fraction of sp³-hybridized carbons (Fsp3) is 0.188. The molecule has 1 aliphatic heterocycles. The average Bonchev–Trinajstić information content (AvgIpc) is 3.00. The Morgan fingerprint density at radius 2 is 2.22 bits per heavy atom. The third-order valence-corrected chi connectivity index (χ3v) is 4.35. The molecule has 0 radical (unpaired) electrons. The van der Waals surface area contributed by atoms with E-state index in [1.807, 2.05) is 24.3 Å². The van der Waals surface area contributed by atoms with Crippen molar-refractivity contribution < 1.29 is 0 Å². The molecule has 3 rings (SSSR count). The van der Waals surface area contributed by atoms with Crippen molar-refractivity contribution in [1.82, 2.24) is 9.97 Å². The Hall–Kier alpha value is -2.56. The van der Waals surface area contributed by atoms with Crippen LogP contribution >= 0.6 is 11.8 Å². The number of hydrogen-bond donors (Lipinski definition) is 3. The van der Waals surface area contributed by atoms with Gasteiger partial charge < -0.3 is 16.4 Å². The smallest absolute Gasteiger partial charge is 0.223 e. The average molecular weight is 324 g/mol. The number of fused-ring (bicyclic) bond motifs is 1. The Morgan fingerprint density at radius 3 is 3.00 bits per heavy atom. The third-order valence-electron chi connectivity index (χ3n) is 3.26. The summed E-state index contributed by atoms with van der Waals surface area (Å²) in [7, 11) is 0. The summed E-state index contributed by atoms with van der Waals surface area (Å²) in [4.78, 5) is 9.70. The standard InChI is InChI=1S/C16H16N6S/c17-7-3-8-19-16-20-9-6-12(22-16)11(10-18)15-21-13-4-1-2-5-14(13)23-15/h1-2,4-6,9,21H,3,7-8,17H2,(H,19,20,22)/b15-11+. The van der Waals surface area contributed by atoms with E-state index in [4.69, 9.17) is 5.73 Å². The molecule has 0 amide bonds. The first-order valence-corrected chi connectivity index (χ1v) is 8.09. The van der Waals surface area contributed by atoms with Gasteiger partial charge in [-0.05, 0) is 31.2 Å². The van der Waals surface area contributed by atoms with Crippen LogP contribution in [0.25, 0.3) is 5.57 Å². The van der Waals surface area contributed by atoms with E-state index in [1.165, 1.54) is 11.8 Å². The molecule has 2 aromatic rings. The van der Waals surface area contributed by atoms with Crippen LogP contribution in [-0.2, 0) is 0 Å². The number of nitrogens with two attached hydrogens (primary N) is 1. The van der Waals surface area contributed by atoms with E-state index >= 15 is 0 Å². The second-order valence-electron chi connectivity index (χ2n) is 4.87. The molecular formula is C16H16N6S. The molecule has 116 valence electrons. The van der Waals surface area contributed by atoms with Crippen molar-refractivity contribution in [2.45, 2.75) is 11.3 Å². The number of allylic oxidation sites excluding steroid dienone is 1. The summed E-state index contributed by atoms with van der Waals surface area (Å²) in [6, 6.07) is 11.9. The Morgan fingerprint density at radius 1 is 1.35 bits per heavy atom. The lowest BCUT2D eigenvalue weighted by atomic mass is 10.2. The zero-order valence-electron chi connectivity index (χ0n) is 12.4. The maximum Gasteiger partial charge on any atom is 0.223 e. The first-order valence-electron chi connectivity index (χ1n) is 7.27. The lowest BCUT2D eigenvalue weighted by Crippen LogP contribution is -2.11. The van der Waals surface area contributed by atoms with E-state index in [-0.39, 0.29) is 0 Å². The normalized spacial score (nSPS) is 14.6. The minimum Gasteiger partial charge on any atom is -0.354 e. The van der Waals surface area contributed by atoms with Gasteiger partial charge in [0.1, 0.15) is 11.6 Å².